The maximum absolute atomic E-state index is 10.2. The number of nitrogens with zero attached hydrogens (tertiary/aromatic N) is 1. The minimum atomic E-state index is -0.544. The van der Waals surface area contributed by atoms with Crippen molar-refractivity contribution in [1.82, 2.24) is 10.3 Å². The molecule has 0 saturated heterocycles. The molecular formula is C19H20N2O2S. The van der Waals surface area contributed by atoms with E-state index >= 15 is 0 Å². The molecule has 0 aliphatic heterocycles. The van der Waals surface area contributed by atoms with Crippen LogP contribution in [0.1, 0.15) is 16.5 Å². The minimum Gasteiger partial charge on any atom is -0.497 e. The number of methoxy groups -OCH3 is 1. The average molecular weight is 340 g/mol. The monoisotopic (exact) mass is 340 g/mol. The number of aliphatic hydroxyl groups is 1. The van der Waals surface area contributed by atoms with Crippen molar-refractivity contribution in [3.63, 3.8) is 0 Å². The molecule has 0 aliphatic rings. The number of ether oxygens (including phenoxy) is 1. The average Bonchev–Trinajstić information content (AvgIpc) is 3.11. The SMILES string of the molecule is COc1ccc([C@H](O)CNCc2cnc(-c3ccccc3)s2)cc1. The summed E-state index contributed by atoms with van der Waals surface area (Å²) < 4.78 is 5.12. The van der Waals surface area contributed by atoms with E-state index in [9.17, 15) is 5.11 Å². The van der Waals surface area contributed by atoms with E-state index in [0.717, 1.165) is 26.8 Å². The van der Waals surface area contributed by atoms with E-state index < -0.39 is 6.10 Å². The van der Waals surface area contributed by atoms with Gasteiger partial charge in [-0.15, -0.1) is 11.3 Å². The van der Waals surface area contributed by atoms with E-state index in [1.807, 2.05) is 48.7 Å². The lowest BCUT2D eigenvalue weighted by molar-refractivity contribution is 0.174. The number of nitrogens with one attached hydrogen (secondary N) is 1. The Morgan fingerprint density at radius 3 is 2.58 bits per heavy atom. The first-order valence-electron chi connectivity index (χ1n) is 7.79. The Labute approximate surface area is 145 Å². The molecule has 1 aromatic heterocycles. The summed E-state index contributed by atoms with van der Waals surface area (Å²) in [6.45, 7) is 1.18. The second-order valence-corrected chi connectivity index (χ2v) is 6.53. The highest BCUT2D eigenvalue weighted by atomic mass is 32.1. The van der Waals surface area contributed by atoms with Crippen LogP contribution in [0.4, 0.5) is 0 Å². The molecule has 0 unspecified atom stereocenters. The van der Waals surface area contributed by atoms with Crippen LogP contribution in [0, 0.1) is 0 Å². The molecule has 1 heterocycles. The van der Waals surface area contributed by atoms with Crippen LogP contribution in [0.5, 0.6) is 5.75 Å². The van der Waals surface area contributed by atoms with Gasteiger partial charge in [0.1, 0.15) is 10.8 Å². The van der Waals surface area contributed by atoms with Gasteiger partial charge in [0.2, 0.25) is 0 Å². The van der Waals surface area contributed by atoms with Gasteiger partial charge in [-0.05, 0) is 17.7 Å². The van der Waals surface area contributed by atoms with Gasteiger partial charge in [-0.2, -0.15) is 0 Å². The third kappa shape index (κ3) is 4.20. The van der Waals surface area contributed by atoms with Crippen LogP contribution in [-0.4, -0.2) is 23.7 Å². The maximum Gasteiger partial charge on any atom is 0.123 e. The van der Waals surface area contributed by atoms with Crippen molar-refractivity contribution in [3.8, 4) is 16.3 Å². The first-order chi connectivity index (χ1) is 11.8. The molecule has 24 heavy (non-hydrogen) atoms. The molecule has 3 aromatic rings. The number of benzene rings is 2. The quantitative estimate of drug-likeness (QED) is 0.689. The van der Waals surface area contributed by atoms with Crippen molar-refractivity contribution in [1.29, 1.82) is 0 Å². The Morgan fingerprint density at radius 2 is 1.88 bits per heavy atom. The van der Waals surface area contributed by atoms with Gasteiger partial charge in [-0.25, -0.2) is 4.98 Å². The molecule has 3 rings (SSSR count). The zero-order valence-electron chi connectivity index (χ0n) is 13.5. The Kier molecular flexibility index (Phi) is 5.59. The highest BCUT2D eigenvalue weighted by molar-refractivity contribution is 7.15. The van der Waals surface area contributed by atoms with Crippen LogP contribution in [-0.2, 0) is 6.54 Å². The van der Waals surface area contributed by atoms with E-state index in [1.54, 1.807) is 18.4 Å². The van der Waals surface area contributed by atoms with E-state index in [2.05, 4.69) is 22.4 Å². The van der Waals surface area contributed by atoms with Gasteiger partial charge >= 0.3 is 0 Å². The number of aromatic nitrogens is 1. The molecule has 0 saturated carbocycles. The standard InChI is InChI=1S/C19H20N2O2S/c1-23-16-9-7-14(8-10-16)18(22)13-20-11-17-12-21-19(24-17)15-5-3-2-4-6-15/h2-10,12,18,20,22H,11,13H2,1H3/t18-/m1/s1. The smallest absolute Gasteiger partial charge is 0.123 e. The zero-order chi connectivity index (χ0) is 16.8. The lowest BCUT2D eigenvalue weighted by atomic mass is 10.1. The molecule has 0 fully saturated rings. The molecule has 0 radical (unpaired) electrons. The summed E-state index contributed by atoms with van der Waals surface area (Å²) >= 11 is 1.67. The summed E-state index contributed by atoms with van der Waals surface area (Å²) in [5.41, 5.74) is 2.00. The van der Waals surface area contributed by atoms with Gasteiger partial charge in [-0.3, -0.25) is 0 Å². The molecule has 5 heteroatoms. The molecule has 4 nitrogen and oxygen atoms in total. The normalized spacial score (nSPS) is 12.1. The predicted molar refractivity (Wildman–Crippen MR) is 97.2 cm³/mol. The lowest BCUT2D eigenvalue weighted by Crippen LogP contribution is -2.20. The summed E-state index contributed by atoms with van der Waals surface area (Å²) in [5.74, 6) is 0.789. The molecule has 0 aliphatic carbocycles. The van der Waals surface area contributed by atoms with Crippen molar-refractivity contribution in [2.75, 3.05) is 13.7 Å². The number of thiazole rings is 1. The molecular weight excluding hydrogens is 320 g/mol. The summed E-state index contributed by atoms with van der Waals surface area (Å²) in [4.78, 5) is 5.61. The lowest BCUT2D eigenvalue weighted by Gasteiger charge is -2.12. The van der Waals surface area contributed by atoms with Gasteiger partial charge in [0, 0.05) is 29.7 Å². The van der Waals surface area contributed by atoms with Gasteiger partial charge in [0.05, 0.1) is 13.2 Å². The third-order valence-electron chi connectivity index (χ3n) is 3.71. The summed E-state index contributed by atoms with van der Waals surface area (Å²) in [5, 5.41) is 14.5. The van der Waals surface area contributed by atoms with Gasteiger partial charge in [0.25, 0.3) is 0 Å². The van der Waals surface area contributed by atoms with Crippen LogP contribution >= 0.6 is 11.3 Å². The Morgan fingerprint density at radius 1 is 1.12 bits per heavy atom. The van der Waals surface area contributed by atoms with E-state index in [-0.39, 0.29) is 0 Å². The van der Waals surface area contributed by atoms with Gasteiger partial charge in [-0.1, -0.05) is 42.5 Å². The fourth-order valence-electron chi connectivity index (χ4n) is 2.38. The van der Waals surface area contributed by atoms with Gasteiger partial charge < -0.3 is 15.2 Å². The van der Waals surface area contributed by atoms with Crippen molar-refractivity contribution in [2.24, 2.45) is 0 Å². The first kappa shape index (κ1) is 16.6. The van der Waals surface area contributed by atoms with Crippen molar-refractivity contribution < 1.29 is 9.84 Å². The third-order valence-corrected chi connectivity index (χ3v) is 4.76. The summed E-state index contributed by atoms with van der Waals surface area (Å²) in [7, 11) is 1.63. The second kappa shape index (κ2) is 8.06. The Hall–Kier alpha value is -2.21. The number of hydrogen-bond donors (Lipinski definition) is 2. The summed E-state index contributed by atoms with van der Waals surface area (Å²) in [6, 6.07) is 17.6. The van der Waals surface area contributed by atoms with E-state index in [4.69, 9.17) is 4.74 Å². The van der Waals surface area contributed by atoms with E-state index in [0.29, 0.717) is 13.1 Å². The molecule has 124 valence electrons. The fourth-order valence-corrected chi connectivity index (χ4v) is 3.27. The van der Waals surface area contributed by atoms with Gasteiger partial charge in [0.15, 0.2) is 0 Å². The molecule has 1 atom stereocenters. The first-order valence-corrected chi connectivity index (χ1v) is 8.61. The summed E-state index contributed by atoms with van der Waals surface area (Å²) in [6.07, 6.45) is 1.34. The fraction of sp³-hybridized carbons (Fsp3) is 0.211. The second-order valence-electron chi connectivity index (χ2n) is 5.42. The molecule has 0 bridgehead atoms. The molecule has 0 spiro atoms. The van der Waals surface area contributed by atoms with Crippen molar-refractivity contribution in [3.05, 3.63) is 71.2 Å². The molecule has 2 N–H and O–H groups in total. The Balaban J connectivity index is 1.52. The number of aliphatic hydroxyl groups excluding tert-OH is 1. The van der Waals surface area contributed by atoms with Crippen LogP contribution in [0.2, 0.25) is 0 Å². The molecule has 0 amide bonds. The van der Waals surface area contributed by atoms with Crippen LogP contribution in [0.15, 0.2) is 60.8 Å². The zero-order valence-corrected chi connectivity index (χ0v) is 14.3. The highest BCUT2D eigenvalue weighted by Gasteiger charge is 2.08. The molecule has 2 aromatic carbocycles. The topological polar surface area (TPSA) is 54.4 Å². The number of hydrogen-bond acceptors (Lipinski definition) is 5. The van der Waals surface area contributed by atoms with Crippen molar-refractivity contribution in [2.45, 2.75) is 12.6 Å². The van der Waals surface area contributed by atoms with Crippen molar-refractivity contribution >= 4 is 11.3 Å². The highest BCUT2D eigenvalue weighted by Crippen LogP contribution is 2.24. The van der Waals surface area contributed by atoms with Crippen LogP contribution in [0.3, 0.4) is 0 Å². The van der Waals surface area contributed by atoms with Crippen LogP contribution in [0.25, 0.3) is 10.6 Å². The van der Waals surface area contributed by atoms with Crippen LogP contribution < -0.4 is 10.1 Å². The van der Waals surface area contributed by atoms with E-state index in [1.165, 1.54) is 0 Å². The minimum absolute atomic E-state index is 0.491. The number of rotatable bonds is 7. The predicted octanol–water partition coefficient (Wildman–Crippen LogP) is 3.64. The Bertz CT molecular complexity index is 757. The maximum atomic E-state index is 10.2. The largest absolute Gasteiger partial charge is 0.497 e.